The van der Waals surface area contributed by atoms with Crippen LogP contribution in [0.3, 0.4) is 0 Å². The number of rotatable bonds is 8. The van der Waals surface area contributed by atoms with E-state index in [4.69, 9.17) is 0 Å². The van der Waals surface area contributed by atoms with Gasteiger partial charge in [-0.15, -0.1) is 13.2 Å². The fraction of sp³-hybridized carbons (Fsp3) is 0.500. The highest BCUT2D eigenvalue weighted by molar-refractivity contribution is 5.87. The van der Waals surface area contributed by atoms with Crippen molar-refractivity contribution in [2.45, 2.75) is 45.1 Å². The molecule has 2 aliphatic rings. The molecule has 3 heterocycles. The highest BCUT2D eigenvalue weighted by Crippen LogP contribution is 2.32. The number of hydrogen-bond acceptors (Lipinski definition) is 5. The van der Waals surface area contributed by atoms with E-state index in [-0.39, 0.29) is 11.8 Å². The van der Waals surface area contributed by atoms with Gasteiger partial charge in [0.2, 0.25) is 0 Å². The topological polar surface area (TPSA) is 75.3 Å². The number of anilines is 1. The number of hydrogen-bond donors (Lipinski definition) is 2. The van der Waals surface area contributed by atoms with E-state index in [9.17, 15) is 23.1 Å². The van der Waals surface area contributed by atoms with E-state index >= 15 is 0 Å². The average molecular weight is 574 g/mol. The van der Waals surface area contributed by atoms with Crippen molar-refractivity contribution < 1.29 is 27.8 Å². The van der Waals surface area contributed by atoms with Gasteiger partial charge in [0.25, 0.3) is 0 Å². The van der Waals surface area contributed by atoms with Crippen LogP contribution in [0.25, 0.3) is 22.2 Å². The molecule has 0 bridgehead atoms. The highest BCUT2D eigenvalue weighted by atomic mass is 19.4. The first-order chi connectivity index (χ1) is 19.6. The Morgan fingerprint density at radius 1 is 1.05 bits per heavy atom. The number of aromatic nitrogens is 1. The van der Waals surface area contributed by atoms with E-state index in [0.717, 1.165) is 81.1 Å². The van der Waals surface area contributed by atoms with Crippen molar-refractivity contribution in [1.29, 1.82) is 0 Å². The summed E-state index contributed by atoms with van der Waals surface area (Å²) in [4.78, 5) is 24.1. The van der Waals surface area contributed by atoms with E-state index in [2.05, 4.69) is 44.3 Å². The van der Waals surface area contributed by atoms with Crippen LogP contribution in [-0.4, -0.2) is 102 Å². The van der Waals surface area contributed by atoms with Gasteiger partial charge in [-0.2, -0.15) is 0 Å². The lowest BCUT2D eigenvalue weighted by Gasteiger charge is -2.40. The third-order valence-corrected chi connectivity index (χ3v) is 8.29. The van der Waals surface area contributed by atoms with Gasteiger partial charge in [-0.25, -0.2) is 4.79 Å². The van der Waals surface area contributed by atoms with Crippen LogP contribution in [0.4, 0.5) is 23.7 Å². The molecule has 41 heavy (non-hydrogen) atoms. The largest absolute Gasteiger partial charge is 0.573 e. The Labute approximate surface area is 238 Å². The molecule has 5 rings (SSSR count). The molecule has 2 fully saturated rings. The highest BCUT2D eigenvalue weighted by Gasteiger charge is 2.31. The van der Waals surface area contributed by atoms with E-state index in [0.29, 0.717) is 18.0 Å². The number of fused-ring (bicyclic) bond motifs is 1. The number of nitrogens with zero attached hydrogens (tertiary/aromatic N) is 4. The zero-order valence-corrected chi connectivity index (χ0v) is 23.5. The van der Waals surface area contributed by atoms with E-state index in [1.807, 2.05) is 24.3 Å². The van der Waals surface area contributed by atoms with Crippen LogP contribution >= 0.6 is 0 Å². The lowest BCUT2D eigenvalue weighted by molar-refractivity contribution is -0.274. The minimum Gasteiger partial charge on any atom is -0.465 e. The molecule has 0 unspecified atom stereocenters. The van der Waals surface area contributed by atoms with Crippen molar-refractivity contribution in [2.75, 3.05) is 57.3 Å². The van der Waals surface area contributed by atoms with E-state index in [1.165, 1.54) is 12.1 Å². The Morgan fingerprint density at radius 2 is 1.78 bits per heavy atom. The lowest BCUT2D eigenvalue weighted by Crippen LogP contribution is -2.53. The Balaban J connectivity index is 1.19. The van der Waals surface area contributed by atoms with Crippen molar-refractivity contribution in [3.63, 3.8) is 0 Å². The number of carboxylic acid groups (broad SMARTS) is 1. The molecule has 0 atom stereocenters. The van der Waals surface area contributed by atoms with Crippen molar-refractivity contribution in [1.82, 2.24) is 19.7 Å². The van der Waals surface area contributed by atoms with Gasteiger partial charge < -0.3 is 24.6 Å². The smallest absolute Gasteiger partial charge is 0.465 e. The molecule has 2 aromatic carbocycles. The zero-order valence-electron chi connectivity index (χ0n) is 23.5. The fourth-order valence-electron chi connectivity index (χ4n) is 5.96. The molecule has 0 aliphatic carbocycles. The number of aromatic amines is 1. The third kappa shape index (κ3) is 7.26. The molecule has 0 saturated carbocycles. The predicted octanol–water partition coefficient (Wildman–Crippen LogP) is 5.71. The quantitative estimate of drug-likeness (QED) is 0.360. The minimum atomic E-state index is -4.74. The summed E-state index contributed by atoms with van der Waals surface area (Å²) < 4.78 is 41.9. The minimum absolute atomic E-state index is 0.00861. The molecule has 2 aliphatic heterocycles. The van der Waals surface area contributed by atoms with Gasteiger partial charge in [0, 0.05) is 86.7 Å². The first-order valence-corrected chi connectivity index (χ1v) is 14.3. The zero-order chi connectivity index (χ0) is 29.1. The first-order valence-electron chi connectivity index (χ1n) is 14.3. The molecular weight excluding hydrogens is 535 g/mol. The Bertz CT molecular complexity index is 1330. The van der Waals surface area contributed by atoms with Crippen LogP contribution in [0.2, 0.25) is 0 Å². The summed E-state index contributed by atoms with van der Waals surface area (Å²) in [5.41, 5.74) is 3.47. The summed E-state index contributed by atoms with van der Waals surface area (Å²) in [6, 6.07) is 14.6. The average Bonchev–Trinajstić information content (AvgIpc) is 3.36. The number of ether oxygens (including phenoxy) is 1. The molecule has 0 spiro atoms. The molecule has 0 radical (unpaired) electrons. The summed E-state index contributed by atoms with van der Waals surface area (Å²) in [6.45, 7) is 11.2. The maximum absolute atomic E-state index is 12.6. The molecule has 2 saturated heterocycles. The van der Waals surface area contributed by atoms with Gasteiger partial charge in [-0.1, -0.05) is 12.1 Å². The molecule has 222 valence electrons. The number of alkyl halides is 3. The van der Waals surface area contributed by atoms with Gasteiger partial charge in [0.15, 0.2) is 0 Å². The van der Waals surface area contributed by atoms with Gasteiger partial charge in [-0.05, 0) is 68.7 Å². The summed E-state index contributed by atoms with van der Waals surface area (Å²) in [5.74, 6) is -0.253. The van der Waals surface area contributed by atoms with Gasteiger partial charge in [-0.3, -0.25) is 9.80 Å². The Kier molecular flexibility index (Phi) is 8.65. The molecule has 1 amide bonds. The van der Waals surface area contributed by atoms with E-state index in [1.54, 1.807) is 11.0 Å². The standard InChI is InChI=1S/C30H38F3N5O3/c1-21(2)36-15-12-35(13-16-36)14-17-38(29(39)40)24-8-10-37(11-9-24)25-5-3-4-22(18-25)28-20-23-19-26(41-30(31,32)33)6-7-27(23)34-28/h3-7,18-21,24,34H,8-17H2,1-2H3,(H,39,40). The Hall–Kier alpha value is -3.44. The summed E-state index contributed by atoms with van der Waals surface area (Å²) >= 11 is 0. The molecule has 2 N–H and O–H groups in total. The van der Waals surface area contributed by atoms with Crippen LogP contribution in [0.15, 0.2) is 48.5 Å². The van der Waals surface area contributed by atoms with Crippen molar-refractivity contribution in [3.05, 3.63) is 48.5 Å². The summed E-state index contributed by atoms with van der Waals surface area (Å²) in [6.07, 6.45) is -4.08. The van der Waals surface area contributed by atoms with Crippen molar-refractivity contribution in [2.24, 2.45) is 0 Å². The van der Waals surface area contributed by atoms with Crippen LogP contribution in [0, 0.1) is 0 Å². The molecular formula is C30H38F3N5O3. The lowest BCUT2D eigenvalue weighted by atomic mass is 10.0. The number of amides is 1. The van der Waals surface area contributed by atoms with Crippen molar-refractivity contribution >= 4 is 22.7 Å². The molecule has 1 aromatic heterocycles. The number of benzene rings is 2. The fourth-order valence-corrected chi connectivity index (χ4v) is 5.96. The van der Waals surface area contributed by atoms with Gasteiger partial charge in [0.1, 0.15) is 5.75 Å². The van der Waals surface area contributed by atoms with Crippen LogP contribution in [-0.2, 0) is 0 Å². The number of nitrogens with one attached hydrogen (secondary N) is 1. The molecule has 11 heteroatoms. The van der Waals surface area contributed by atoms with E-state index < -0.39 is 12.5 Å². The number of piperidine rings is 1. The monoisotopic (exact) mass is 573 g/mol. The van der Waals surface area contributed by atoms with Crippen LogP contribution < -0.4 is 9.64 Å². The second kappa shape index (κ2) is 12.2. The first kappa shape index (κ1) is 29.1. The second-order valence-electron chi connectivity index (χ2n) is 11.2. The second-order valence-corrected chi connectivity index (χ2v) is 11.2. The van der Waals surface area contributed by atoms with Crippen LogP contribution in [0.1, 0.15) is 26.7 Å². The van der Waals surface area contributed by atoms with Gasteiger partial charge >= 0.3 is 12.5 Å². The maximum atomic E-state index is 12.6. The number of piperazine rings is 1. The molecule has 8 nitrogen and oxygen atoms in total. The maximum Gasteiger partial charge on any atom is 0.573 e. The van der Waals surface area contributed by atoms with Gasteiger partial charge in [0.05, 0.1) is 0 Å². The normalized spacial score (nSPS) is 17.9. The number of halogens is 3. The molecule has 3 aromatic rings. The predicted molar refractivity (Wildman–Crippen MR) is 154 cm³/mol. The third-order valence-electron chi connectivity index (χ3n) is 8.29. The SMILES string of the molecule is CC(C)N1CCN(CCN(C(=O)O)C2CCN(c3cccc(-c4cc5cc(OC(F)(F)F)ccc5[nH]4)c3)CC2)CC1. The summed E-state index contributed by atoms with van der Waals surface area (Å²) in [7, 11) is 0. The Morgan fingerprint density at radius 3 is 2.44 bits per heavy atom. The van der Waals surface area contributed by atoms with Crippen LogP contribution in [0.5, 0.6) is 5.75 Å². The number of carbonyl (C=O) groups is 1. The van der Waals surface area contributed by atoms with Crippen molar-refractivity contribution in [3.8, 4) is 17.0 Å². The summed E-state index contributed by atoms with van der Waals surface area (Å²) in [5, 5.41) is 10.6. The number of H-pyrrole nitrogens is 1.